The molecule has 2 unspecified atom stereocenters. The number of Topliss-reactive ketones (excluding diaryl/α,β-unsaturated/α-hetero) is 1. The lowest BCUT2D eigenvalue weighted by Gasteiger charge is -2.34. The van der Waals surface area contributed by atoms with Crippen molar-refractivity contribution in [3.05, 3.63) is 39.9 Å². The minimum atomic E-state index is -1.13. The van der Waals surface area contributed by atoms with Crippen molar-refractivity contribution in [3.8, 4) is 0 Å². The summed E-state index contributed by atoms with van der Waals surface area (Å²) in [6.07, 6.45) is -0.275. The number of ketones is 1. The highest BCUT2D eigenvalue weighted by Gasteiger charge is 2.40. The van der Waals surface area contributed by atoms with Crippen LogP contribution in [-0.4, -0.2) is 46.0 Å². The number of carbonyl (C=O) groups excluding carboxylic acids is 3. The Bertz CT molecular complexity index is 729. The molecule has 0 aliphatic carbocycles. The van der Waals surface area contributed by atoms with Crippen molar-refractivity contribution in [3.63, 3.8) is 0 Å². The number of ether oxygens (including phenoxy) is 1. The fourth-order valence-electron chi connectivity index (χ4n) is 2.23. The number of aliphatic hydroxyl groups excluding tert-OH is 1. The summed E-state index contributed by atoms with van der Waals surface area (Å²) in [5.41, 5.74) is -0.510. The van der Waals surface area contributed by atoms with Crippen LogP contribution in [0.15, 0.2) is 24.3 Å². The van der Waals surface area contributed by atoms with Crippen molar-refractivity contribution in [2.75, 3.05) is 6.61 Å². The zero-order valence-electron chi connectivity index (χ0n) is 12.9. The molecule has 0 aromatic heterocycles. The maximum absolute atomic E-state index is 11.9. The highest BCUT2D eigenvalue weighted by atomic mass is 16.6. The first-order valence-corrected chi connectivity index (χ1v) is 7.27. The third-order valence-corrected chi connectivity index (χ3v) is 3.75. The number of amides is 1. The van der Waals surface area contributed by atoms with Gasteiger partial charge in [-0.1, -0.05) is 0 Å². The lowest BCUT2D eigenvalue weighted by Crippen LogP contribution is -2.60. The standard InChI is InChI=1S/C15H15N3O7/c16-13(12(20)5-11-10(6-19)14(21)17-11)15(22)25-7-8-1-3-9(4-2-8)18(23)24/h1-4,10-11,16,19H,5-7H2,(H,17,21). The molecule has 2 atom stereocenters. The summed E-state index contributed by atoms with van der Waals surface area (Å²) in [4.78, 5) is 44.7. The van der Waals surface area contributed by atoms with Gasteiger partial charge in [-0.05, 0) is 17.7 Å². The van der Waals surface area contributed by atoms with E-state index in [-0.39, 0.29) is 24.6 Å². The molecule has 2 rings (SSSR count). The third-order valence-electron chi connectivity index (χ3n) is 3.75. The molecule has 10 nitrogen and oxygen atoms in total. The molecule has 0 bridgehead atoms. The summed E-state index contributed by atoms with van der Waals surface area (Å²) in [6, 6.07) is 4.67. The van der Waals surface area contributed by atoms with Crippen molar-refractivity contribution in [1.29, 1.82) is 5.41 Å². The van der Waals surface area contributed by atoms with Crippen LogP contribution in [-0.2, 0) is 25.7 Å². The number of nitro groups is 1. The second kappa shape index (κ2) is 7.62. The predicted molar refractivity (Wildman–Crippen MR) is 82.7 cm³/mol. The van der Waals surface area contributed by atoms with Gasteiger partial charge in [0.15, 0.2) is 11.5 Å². The smallest absolute Gasteiger partial charge is 0.360 e. The Morgan fingerprint density at radius 3 is 2.48 bits per heavy atom. The minimum Gasteiger partial charge on any atom is -0.456 e. The van der Waals surface area contributed by atoms with E-state index in [1.807, 2.05) is 0 Å². The molecule has 10 heteroatoms. The van der Waals surface area contributed by atoms with Crippen molar-refractivity contribution in [1.82, 2.24) is 5.32 Å². The largest absolute Gasteiger partial charge is 0.456 e. The molecule has 1 fully saturated rings. The van der Waals surface area contributed by atoms with Crippen molar-refractivity contribution in [2.24, 2.45) is 5.92 Å². The fraction of sp³-hybridized carbons (Fsp3) is 0.333. The molecule has 1 aromatic rings. The van der Waals surface area contributed by atoms with Gasteiger partial charge < -0.3 is 15.2 Å². The molecule has 3 N–H and O–H groups in total. The Labute approximate surface area is 141 Å². The number of hydrogen-bond donors (Lipinski definition) is 3. The van der Waals surface area contributed by atoms with Gasteiger partial charge >= 0.3 is 5.97 Å². The quantitative estimate of drug-likeness (QED) is 0.145. The van der Waals surface area contributed by atoms with E-state index in [9.17, 15) is 24.5 Å². The molecule has 1 aromatic carbocycles. The van der Waals surface area contributed by atoms with E-state index in [4.69, 9.17) is 15.3 Å². The topological polar surface area (TPSA) is 160 Å². The highest BCUT2D eigenvalue weighted by molar-refractivity contribution is 6.63. The summed E-state index contributed by atoms with van der Waals surface area (Å²) in [5, 5.41) is 29.5. The van der Waals surface area contributed by atoms with Gasteiger partial charge in [0.05, 0.1) is 17.4 Å². The first-order valence-electron chi connectivity index (χ1n) is 7.27. The van der Waals surface area contributed by atoms with Gasteiger partial charge in [0.2, 0.25) is 5.91 Å². The number of nitro benzene ring substituents is 1. The number of esters is 1. The number of carbonyl (C=O) groups is 3. The Hall–Kier alpha value is -3.14. The zero-order valence-corrected chi connectivity index (χ0v) is 12.9. The number of benzene rings is 1. The van der Waals surface area contributed by atoms with E-state index in [0.29, 0.717) is 5.56 Å². The average Bonchev–Trinajstić information content (AvgIpc) is 2.58. The molecular weight excluding hydrogens is 334 g/mol. The summed E-state index contributed by atoms with van der Waals surface area (Å²) in [7, 11) is 0. The van der Waals surface area contributed by atoms with E-state index >= 15 is 0 Å². The Balaban J connectivity index is 1.83. The number of hydrogen-bond acceptors (Lipinski definition) is 8. The first-order chi connectivity index (χ1) is 11.8. The molecule has 0 radical (unpaired) electrons. The molecule has 1 aliphatic heterocycles. The molecule has 1 heterocycles. The molecule has 0 saturated carbocycles. The van der Waals surface area contributed by atoms with E-state index in [2.05, 4.69) is 5.32 Å². The Morgan fingerprint density at radius 1 is 1.32 bits per heavy atom. The van der Waals surface area contributed by atoms with Crippen LogP contribution in [0.5, 0.6) is 0 Å². The molecular formula is C15H15N3O7. The SMILES string of the molecule is N=C(C(=O)CC1NC(=O)C1CO)C(=O)OCc1ccc([N+](=O)[O-])cc1. The molecule has 1 saturated heterocycles. The lowest BCUT2D eigenvalue weighted by atomic mass is 9.87. The fourth-order valence-corrected chi connectivity index (χ4v) is 2.23. The van der Waals surface area contributed by atoms with Gasteiger partial charge in [-0.3, -0.25) is 25.1 Å². The van der Waals surface area contributed by atoms with Crippen molar-refractivity contribution in [2.45, 2.75) is 19.1 Å². The van der Waals surface area contributed by atoms with Gasteiger partial charge in [0, 0.05) is 24.6 Å². The van der Waals surface area contributed by atoms with Crippen LogP contribution in [0.25, 0.3) is 0 Å². The number of aliphatic hydroxyl groups is 1. The normalized spacial score (nSPS) is 18.7. The van der Waals surface area contributed by atoms with Crippen LogP contribution >= 0.6 is 0 Å². The molecule has 132 valence electrons. The first kappa shape index (κ1) is 18.2. The number of non-ortho nitro benzene ring substituents is 1. The number of nitrogens with one attached hydrogen (secondary N) is 2. The van der Waals surface area contributed by atoms with Crippen LogP contribution in [0.3, 0.4) is 0 Å². The monoisotopic (exact) mass is 349 g/mol. The summed E-state index contributed by atoms with van der Waals surface area (Å²) < 4.78 is 4.83. The summed E-state index contributed by atoms with van der Waals surface area (Å²) in [6.45, 7) is -0.659. The lowest BCUT2D eigenvalue weighted by molar-refractivity contribution is -0.384. The average molecular weight is 349 g/mol. The van der Waals surface area contributed by atoms with E-state index < -0.39 is 41.0 Å². The predicted octanol–water partition coefficient (Wildman–Crippen LogP) is -0.276. The number of nitrogens with zero attached hydrogens (tertiary/aromatic N) is 1. The summed E-state index contributed by atoms with van der Waals surface area (Å²) >= 11 is 0. The molecule has 1 aliphatic rings. The van der Waals surface area contributed by atoms with Gasteiger partial charge in [0.25, 0.3) is 5.69 Å². The van der Waals surface area contributed by atoms with E-state index in [0.717, 1.165) is 0 Å². The number of β-lactam (4-membered cyclic amide) rings is 1. The van der Waals surface area contributed by atoms with Crippen LogP contribution in [0, 0.1) is 21.4 Å². The van der Waals surface area contributed by atoms with E-state index in [1.54, 1.807) is 0 Å². The van der Waals surface area contributed by atoms with Gasteiger partial charge in [0.1, 0.15) is 6.61 Å². The second-order valence-corrected chi connectivity index (χ2v) is 5.41. The Morgan fingerprint density at radius 2 is 1.96 bits per heavy atom. The zero-order chi connectivity index (χ0) is 18.6. The van der Waals surface area contributed by atoms with Gasteiger partial charge in [-0.25, -0.2) is 4.79 Å². The minimum absolute atomic E-state index is 0.112. The van der Waals surface area contributed by atoms with Gasteiger partial charge in [-0.2, -0.15) is 0 Å². The van der Waals surface area contributed by atoms with Gasteiger partial charge in [-0.15, -0.1) is 0 Å². The molecule has 0 spiro atoms. The number of rotatable bonds is 8. The highest BCUT2D eigenvalue weighted by Crippen LogP contribution is 2.18. The molecule has 1 amide bonds. The van der Waals surface area contributed by atoms with E-state index in [1.165, 1.54) is 24.3 Å². The van der Waals surface area contributed by atoms with Crippen LogP contribution in [0.4, 0.5) is 5.69 Å². The van der Waals surface area contributed by atoms with Crippen molar-refractivity contribution < 1.29 is 29.2 Å². The van der Waals surface area contributed by atoms with Crippen LogP contribution < -0.4 is 5.32 Å². The summed E-state index contributed by atoms with van der Waals surface area (Å²) in [5.74, 6) is -3.04. The second-order valence-electron chi connectivity index (χ2n) is 5.41. The maximum Gasteiger partial charge on any atom is 0.360 e. The maximum atomic E-state index is 11.9. The van der Waals surface area contributed by atoms with Crippen LogP contribution in [0.2, 0.25) is 0 Å². The molecule has 25 heavy (non-hydrogen) atoms. The Kier molecular flexibility index (Phi) is 5.55. The third kappa shape index (κ3) is 4.23. The van der Waals surface area contributed by atoms with Crippen molar-refractivity contribution >= 4 is 29.1 Å². The van der Waals surface area contributed by atoms with Crippen LogP contribution in [0.1, 0.15) is 12.0 Å².